The van der Waals surface area contributed by atoms with Crippen LogP contribution in [-0.2, 0) is 17.6 Å². The number of hydrogen-bond acceptors (Lipinski definition) is 3. The summed E-state index contributed by atoms with van der Waals surface area (Å²) in [7, 11) is 0. The van der Waals surface area contributed by atoms with E-state index < -0.39 is 5.97 Å². The van der Waals surface area contributed by atoms with E-state index in [1.54, 1.807) is 0 Å². The minimum atomic E-state index is -0.874. The van der Waals surface area contributed by atoms with Crippen molar-refractivity contribution in [2.24, 2.45) is 0 Å². The molecule has 1 aliphatic heterocycles. The van der Waals surface area contributed by atoms with E-state index in [9.17, 15) is 4.79 Å². The first-order valence-corrected chi connectivity index (χ1v) is 9.94. The molecule has 1 aromatic heterocycles. The fourth-order valence-electron chi connectivity index (χ4n) is 3.58. The van der Waals surface area contributed by atoms with Gasteiger partial charge in [0.05, 0.1) is 0 Å². The predicted molar refractivity (Wildman–Crippen MR) is 110 cm³/mol. The zero-order valence-corrected chi connectivity index (χ0v) is 15.8. The highest BCUT2D eigenvalue weighted by Gasteiger charge is 2.10. The third-order valence-corrected chi connectivity index (χ3v) is 5.02. The van der Waals surface area contributed by atoms with Crippen molar-refractivity contribution in [3.63, 3.8) is 0 Å². The molecule has 1 aromatic carbocycles. The van der Waals surface area contributed by atoms with Crippen LogP contribution < -0.4 is 5.32 Å². The van der Waals surface area contributed by atoms with E-state index >= 15 is 0 Å². The van der Waals surface area contributed by atoms with E-state index in [0.717, 1.165) is 68.4 Å². The Hall–Kier alpha value is -2.62. The zero-order chi connectivity index (χ0) is 18.9. The summed E-state index contributed by atoms with van der Waals surface area (Å²) in [4.78, 5) is 15.8. The fourth-order valence-corrected chi connectivity index (χ4v) is 3.58. The smallest absolute Gasteiger partial charge is 0.328 e. The lowest BCUT2D eigenvalue weighted by molar-refractivity contribution is -0.131. The van der Waals surface area contributed by atoms with E-state index in [0.29, 0.717) is 0 Å². The lowest BCUT2D eigenvalue weighted by atomic mass is 9.98. The molecule has 4 nitrogen and oxygen atoms in total. The van der Waals surface area contributed by atoms with Gasteiger partial charge in [0.15, 0.2) is 0 Å². The van der Waals surface area contributed by atoms with Crippen molar-refractivity contribution >= 4 is 17.4 Å². The number of rotatable bonds is 9. The molecule has 2 heterocycles. The van der Waals surface area contributed by atoms with E-state index in [-0.39, 0.29) is 0 Å². The maximum Gasteiger partial charge on any atom is 0.328 e. The minimum Gasteiger partial charge on any atom is -0.478 e. The number of nitrogens with one attached hydrogen (secondary N) is 1. The summed E-state index contributed by atoms with van der Waals surface area (Å²) in [5.41, 5.74) is 4.42. The highest BCUT2D eigenvalue weighted by molar-refractivity contribution is 5.89. The van der Waals surface area contributed by atoms with Gasteiger partial charge in [0.2, 0.25) is 0 Å². The summed E-state index contributed by atoms with van der Waals surface area (Å²) >= 11 is 0. The lowest BCUT2D eigenvalue weighted by Crippen LogP contribution is -2.13. The Morgan fingerprint density at radius 1 is 1.07 bits per heavy atom. The first-order valence-electron chi connectivity index (χ1n) is 9.94. The van der Waals surface area contributed by atoms with Gasteiger partial charge in [-0.2, -0.15) is 0 Å². The molecule has 1 aliphatic rings. The topological polar surface area (TPSA) is 62.2 Å². The molecular formula is C23H28N2O2. The van der Waals surface area contributed by atoms with Gasteiger partial charge in [-0.1, -0.05) is 49.2 Å². The molecule has 0 unspecified atom stereocenters. The number of allylic oxidation sites excluding steroid dienone is 1. The van der Waals surface area contributed by atoms with Crippen LogP contribution in [0.25, 0.3) is 5.57 Å². The van der Waals surface area contributed by atoms with Crippen molar-refractivity contribution in [3.05, 3.63) is 65.4 Å². The van der Waals surface area contributed by atoms with Gasteiger partial charge >= 0.3 is 5.97 Å². The second kappa shape index (κ2) is 9.91. The Morgan fingerprint density at radius 2 is 1.89 bits per heavy atom. The molecule has 2 N–H and O–H groups in total. The van der Waals surface area contributed by atoms with E-state index in [1.807, 2.05) is 30.3 Å². The first kappa shape index (κ1) is 19.2. The number of hydrogen-bond donors (Lipinski definition) is 2. The molecule has 0 spiro atoms. The average molecular weight is 364 g/mol. The summed E-state index contributed by atoms with van der Waals surface area (Å²) in [6.45, 7) is 1.02. The molecule has 0 aliphatic carbocycles. The Bertz CT molecular complexity index is 784. The maximum absolute atomic E-state index is 11.1. The van der Waals surface area contributed by atoms with Gasteiger partial charge in [-0.3, -0.25) is 0 Å². The maximum atomic E-state index is 11.1. The number of aliphatic carboxylic acids is 1. The number of carbonyl (C=O) groups is 1. The summed E-state index contributed by atoms with van der Waals surface area (Å²) in [6.07, 6.45) is 9.84. The Balaban J connectivity index is 1.41. The molecular weight excluding hydrogens is 336 g/mol. The van der Waals surface area contributed by atoms with Gasteiger partial charge < -0.3 is 10.4 Å². The van der Waals surface area contributed by atoms with Crippen molar-refractivity contribution in [1.82, 2.24) is 4.98 Å². The SMILES string of the molecule is O=C(O)/C=C(/CCCCCCc1ccc2c(n1)NCCC2)c1ccccc1. The average Bonchev–Trinajstić information content (AvgIpc) is 2.70. The molecule has 0 amide bonds. The van der Waals surface area contributed by atoms with E-state index in [1.165, 1.54) is 23.8 Å². The molecule has 0 saturated heterocycles. The quantitative estimate of drug-likeness (QED) is 0.480. The summed E-state index contributed by atoms with van der Waals surface area (Å²) in [5, 5.41) is 12.5. The van der Waals surface area contributed by atoms with Crippen LogP contribution in [0.3, 0.4) is 0 Å². The molecule has 27 heavy (non-hydrogen) atoms. The zero-order valence-electron chi connectivity index (χ0n) is 15.8. The second-order valence-corrected chi connectivity index (χ2v) is 7.13. The third-order valence-electron chi connectivity index (χ3n) is 5.02. The van der Waals surface area contributed by atoms with Crippen molar-refractivity contribution in [1.29, 1.82) is 0 Å². The molecule has 0 bridgehead atoms. The molecule has 0 atom stereocenters. The van der Waals surface area contributed by atoms with Gasteiger partial charge in [-0.15, -0.1) is 0 Å². The number of benzene rings is 1. The first-order chi connectivity index (χ1) is 13.2. The van der Waals surface area contributed by atoms with Gasteiger partial charge in [0.1, 0.15) is 5.82 Å². The number of aryl methyl sites for hydroxylation is 2. The summed E-state index contributed by atoms with van der Waals surface area (Å²) in [5.74, 6) is 0.200. The predicted octanol–water partition coefficient (Wildman–Crippen LogP) is 5.10. The van der Waals surface area contributed by atoms with Crippen LogP contribution in [0, 0.1) is 0 Å². The monoisotopic (exact) mass is 364 g/mol. The number of unbranched alkanes of at least 4 members (excludes halogenated alkanes) is 3. The number of nitrogens with zero attached hydrogens (tertiary/aromatic N) is 1. The number of carboxylic acids is 1. The Kier molecular flexibility index (Phi) is 7.03. The molecule has 3 rings (SSSR count). The van der Waals surface area contributed by atoms with Crippen molar-refractivity contribution in [2.45, 2.75) is 51.4 Å². The van der Waals surface area contributed by atoms with Gasteiger partial charge in [-0.25, -0.2) is 9.78 Å². The molecule has 2 aromatic rings. The van der Waals surface area contributed by atoms with E-state index in [2.05, 4.69) is 17.4 Å². The van der Waals surface area contributed by atoms with Gasteiger partial charge in [-0.05, 0) is 61.3 Å². The highest BCUT2D eigenvalue weighted by atomic mass is 16.4. The number of fused-ring (bicyclic) bond motifs is 1. The number of aromatic nitrogens is 1. The Morgan fingerprint density at radius 3 is 2.70 bits per heavy atom. The van der Waals surface area contributed by atoms with Crippen molar-refractivity contribution in [3.8, 4) is 0 Å². The van der Waals surface area contributed by atoms with Crippen LogP contribution in [0.2, 0.25) is 0 Å². The Labute approximate surface area is 161 Å². The number of anilines is 1. The summed E-state index contributed by atoms with van der Waals surface area (Å²) in [6, 6.07) is 14.2. The minimum absolute atomic E-state index is 0.803. The van der Waals surface area contributed by atoms with Crippen LogP contribution in [0.15, 0.2) is 48.5 Å². The van der Waals surface area contributed by atoms with Gasteiger partial charge in [0.25, 0.3) is 0 Å². The van der Waals surface area contributed by atoms with Gasteiger partial charge in [0, 0.05) is 18.3 Å². The summed E-state index contributed by atoms with van der Waals surface area (Å²) < 4.78 is 0. The van der Waals surface area contributed by atoms with E-state index in [4.69, 9.17) is 10.1 Å². The van der Waals surface area contributed by atoms with Crippen LogP contribution >= 0.6 is 0 Å². The van der Waals surface area contributed by atoms with Crippen molar-refractivity contribution < 1.29 is 9.90 Å². The van der Waals surface area contributed by atoms with Crippen LogP contribution in [0.4, 0.5) is 5.82 Å². The lowest BCUT2D eigenvalue weighted by Gasteiger charge is -2.17. The largest absolute Gasteiger partial charge is 0.478 e. The molecule has 4 heteroatoms. The van der Waals surface area contributed by atoms with Crippen molar-refractivity contribution in [2.75, 3.05) is 11.9 Å². The third kappa shape index (κ3) is 5.95. The molecule has 0 radical (unpaired) electrons. The standard InChI is InChI=1S/C23H28N2O2/c26-22(27)17-20(18-9-5-3-6-10-18)11-4-1-2-7-13-21-15-14-19-12-8-16-24-23(19)25-21/h3,5-6,9-10,14-15,17H,1-2,4,7-8,11-13,16H2,(H,24,25)(H,26,27)/b20-17-. The molecule has 0 fully saturated rings. The second-order valence-electron chi connectivity index (χ2n) is 7.13. The van der Waals surface area contributed by atoms with Crippen LogP contribution in [0.1, 0.15) is 55.3 Å². The normalized spacial score (nSPS) is 13.7. The molecule has 142 valence electrons. The molecule has 0 saturated carbocycles. The van der Waals surface area contributed by atoms with Crippen LogP contribution in [0.5, 0.6) is 0 Å². The highest BCUT2D eigenvalue weighted by Crippen LogP contribution is 2.23. The fraction of sp³-hybridized carbons (Fsp3) is 0.391. The van der Waals surface area contributed by atoms with Crippen LogP contribution in [-0.4, -0.2) is 22.6 Å². The number of carboxylic acid groups (broad SMARTS) is 1. The number of pyridine rings is 1.